The van der Waals surface area contributed by atoms with Crippen molar-refractivity contribution in [2.45, 2.75) is 151 Å². The molecule has 0 aromatic heterocycles. The van der Waals surface area contributed by atoms with Crippen molar-refractivity contribution >= 4 is 9.41 Å². The van der Waals surface area contributed by atoms with Gasteiger partial charge in [0.25, 0.3) is 9.41 Å². The van der Waals surface area contributed by atoms with Crippen molar-refractivity contribution in [3.05, 3.63) is 0 Å². The summed E-state index contributed by atoms with van der Waals surface area (Å²) >= 11 is 0. The largest absolute Gasteiger partial charge is 0.392 e. The third-order valence-corrected chi connectivity index (χ3v) is 15.2. The van der Waals surface area contributed by atoms with Gasteiger partial charge in [-0.2, -0.15) is 0 Å². The smallest absolute Gasteiger partial charge is 0.264 e. The van der Waals surface area contributed by atoms with Gasteiger partial charge in [0.15, 0.2) is 0 Å². The predicted octanol–water partition coefficient (Wildman–Crippen LogP) is 1.79. The summed E-state index contributed by atoms with van der Waals surface area (Å²) < 4.78 is 12.6. The predicted molar refractivity (Wildman–Crippen MR) is 164 cm³/mol. The second-order valence-corrected chi connectivity index (χ2v) is 17.1. The van der Waals surface area contributed by atoms with Crippen LogP contribution >= 0.6 is 0 Å². The molecule has 5 aliphatic heterocycles. The van der Waals surface area contributed by atoms with E-state index in [0.29, 0.717) is 89.9 Å². The van der Waals surface area contributed by atoms with Gasteiger partial charge in [-0.1, -0.05) is 44.9 Å². The van der Waals surface area contributed by atoms with Gasteiger partial charge in [0, 0.05) is 5.54 Å². The molecule has 234 valence electrons. The van der Waals surface area contributed by atoms with Crippen molar-refractivity contribution in [2.24, 2.45) is 47.3 Å². The third-order valence-electron chi connectivity index (χ3n) is 14.1. The molecule has 0 spiro atoms. The lowest BCUT2D eigenvalue weighted by Crippen LogP contribution is -2.61. The van der Waals surface area contributed by atoms with Crippen molar-refractivity contribution in [3.63, 3.8) is 0 Å². The van der Waals surface area contributed by atoms with Gasteiger partial charge in [-0.15, -0.1) is 0 Å². The first-order valence-corrected chi connectivity index (χ1v) is 19.4. The minimum absolute atomic E-state index is 0.222. The number of hydrogen-bond acceptors (Lipinski definition) is 9. The van der Waals surface area contributed by atoms with Gasteiger partial charge in [0.05, 0.1) is 49.3 Å². The maximum absolute atomic E-state index is 12.6. The first-order chi connectivity index (χ1) is 20.7. The normalized spacial score (nSPS) is 57.1. The lowest BCUT2D eigenvalue weighted by atomic mass is 9.76. The molecule has 4 aliphatic carbocycles. The topological polar surface area (TPSA) is 113 Å². The average molecular weight is 597 g/mol. The van der Waals surface area contributed by atoms with Crippen molar-refractivity contribution in [1.82, 2.24) is 42.5 Å². The zero-order valence-corrected chi connectivity index (χ0v) is 26.6. The Labute approximate surface area is 254 Å². The summed E-state index contributed by atoms with van der Waals surface area (Å²) in [6, 6.07) is 0. The summed E-state index contributed by atoms with van der Waals surface area (Å²) in [5.74, 6) is 5.15. The van der Waals surface area contributed by atoms with Crippen LogP contribution in [0.15, 0.2) is 0 Å². The van der Waals surface area contributed by atoms with Crippen LogP contribution < -0.4 is 42.5 Å². The molecular weight excluding hydrogens is 540 g/mol. The molecule has 8 N–H and O–H groups in total. The van der Waals surface area contributed by atoms with E-state index in [1.165, 1.54) is 89.9 Å². The Hall–Kier alpha value is -0.303. The molecule has 17 atom stereocenters. The molecule has 5 saturated heterocycles. The van der Waals surface area contributed by atoms with Crippen molar-refractivity contribution in [1.29, 1.82) is 0 Å². The second-order valence-electron chi connectivity index (χ2n) is 16.0. The Bertz CT molecular complexity index is 1000. The first kappa shape index (κ1) is 28.0. The standard InChI is InChI=1S/C32H56N8OSi/c41-42-23-15-7-14-22-24(23)32-39-30-21-13-6-5-12-20(21)28(37-30)35-26-17-9-2-1-8-16(17)25(33-26)34-27-18-10-3-4-11-19(18)29(36-27)38-31(22)40-32/h16-40,42H,1-15H2. The van der Waals surface area contributed by atoms with Gasteiger partial charge in [0.1, 0.15) is 0 Å². The highest BCUT2D eigenvalue weighted by Crippen LogP contribution is 2.47. The minimum Gasteiger partial charge on any atom is -0.392 e. The highest BCUT2D eigenvalue weighted by Gasteiger charge is 2.55. The molecule has 0 amide bonds. The fourth-order valence-electron chi connectivity index (χ4n) is 12.3. The summed E-state index contributed by atoms with van der Waals surface area (Å²) in [5, 5.41) is 33.5. The van der Waals surface area contributed by atoms with Gasteiger partial charge in [-0.05, 0) is 98.7 Å². The number of fused-ring (bicyclic) bond motifs is 20. The average Bonchev–Trinajstić information content (AvgIpc) is 3.76. The summed E-state index contributed by atoms with van der Waals surface area (Å²) in [7, 11) is -0.750. The number of rotatable bonds is 1. The molecule has 10 heteroatoms. The van der Waals surface area contributed by atoms with E-state index in [1.54, 1.807) is 0 Å². The Kier molecular flexibility index (Phi) is 7.65. The SMILES string of the molecule is O=[SiH]C1CCCC2C3NC4NC(NC5NC(NC6NC(NC(N3)C12)C1CCCCC61)C1CCCCC51)C1CCCCC41. The molecule has 9 fully saturated rings. The molecule has 0 aromatic rings. The van der Waals surface area contributed by atoms with E-state index in [1.807, 2.05) is 0 Å². The summed E-state index contributed by atoms with van der Waals surface area (Å²) in [6.45, 7) is 0. The fourth-order valence-corrected chi connectivity index (χ4v) is 13.3. The highest BCUT2D eigenvalue weighted by molar-refractivity contribution is 6.19. The monoisotopic (exact) mass is 596 g/mol. The third kappa shape index (κ3) is 4.68. The van der Waals surface area contributed by atoms with Crippen LogP contribution in [-0.2, 0) is 4.46 Å². The van der Waals surface area contributed by atoms with Gasteiger partial charge in [-0.3, -0.25) is 42.5 Å². The van der Waals surface area contributed by atoms with Crippen LogP contribution in [0.25, 0.3) is 0 Å². The van der Waals surface area contributed by atoms with Crippen LogP contribution in [0.5, 0.6) is 0 Å². The van der Waals surface area contributed by atoms with E-state index in [2.05, 4.69) is 42.5 Å². The molecule has 0 aromatic carbocycles. The van der Waals surface area contributed by atoms with Crippen LogP contribution in [-0.4, -0.2) is 58.7 Å². The van der Waals surface area contributed by atoms with E-state index in [9.17, 15) is 4.46 Å². The van der Waals surface area contributed by atoms with Crippen LogP contribution in [0.2, 0.25) is 5.54 Å². The summed E-state index contributed by atoms with van der Waals surface area (Å²) in [4.78, 5) is 0. The van der Waals surface area contributed by atoms with Gasteiger partial charge in [0.2, 0.25) is 0 Å². The molecular formula is C32H56N8OSi. The van der Waals surface area contributed by atoms with Crippen LogP contribution in [0.4, 0.5) is 0 Å². The van der Waals surface area contributed by atoms with Gasteiger partial charge >= 0.3 is 0 Å². The number of nitrogens with one attached hydrogen (secondary N) is 8. The number of hydrogen-bond donors (Lipinski definition) is 8. The van der Waals surface area contributed by atoms with E-state index in [-0.39, 0.29) is 12.3 Å². The molecule has 0 radical (unpaired) electrons. The Morgan fingerprint density at radius 3 is 0.952 bits per heavy atom. The molecule has 9 rings (SSSR count). The van der Waals surface area contributed by atoms with Crippen molar-refractivity contribution in [3.8, 4) is 0 Å². The van der Waals surface area contributed by atoms with E-state index < -0.39 is 9.41 Å². The zero-order chi connectivity index (χ0) is 27.8. The molecule has 9 nitrogen and oxygen atoms in total. The minimum atomic E-state index is -0.750. The Morgan fingerprint density at radius 1 is 0.333 bits per heavy atom. The lowest BCUT2D eigenvalue weighted by molar-refractivity contribution is 0.167. The second kappa shape index (κ2) is 11.5. The first-order valence-electron chi connectivity index (χ1n) is 18.3. The Balaban J connectivity index is 1.07. The van der Waals surface area contributed by atoms with Crippen LogP contribution in [0, 0.1) is 47.3 Å². The maximum Gasteiger partial charge on any atom is 0.264 e. The molecule has 8 bridgehead atoms. The summed E-state index contributed by atoms with van der Waals surface area (Å²) in [5.41, 5.74) is 0.358. The highest BCUT2D eigenvalue weighted by atomic mass is 28.2. The lowest BCUT2D eigenvalue weighted by Gasteiger charge is -2.37. The van der Waals surface area contributed by atoms with E-state index in [0.717, 1.165) is 6.42 Å². The molecule has 5 heterocycles. The van der Waals surface area contributed by atoms with Gasteiger partial charge < -0.3 is 4.46 Å². The van der Waals surface area contributed by atoms with E-state index >= 15 is 0 Å². The van der Waals surface area contributed by atoms with Crippen molar-refractivity contribution < 1.29 is 4.46 Å². The van der Waals surface area contributed by atoms with Crippen LogP contribution in [0.1, 0.15) is 96.3 Å². The quantitative estimate of drug-likeness (QED) is 0.215. The molecule has 9 aliphatic rings. The van der Waals surface area contributed by atoms with Crippen molar-refractivity contribution in [2.75, 3.05) is 0 Å². The molecule has 42 heavy (non-hydrogen) atoms. The maximum atomic E-state index is 12.6. The van der Waals surface area contributed by atoms with Crippen LogP contribution in [0.3, 0.4) is 0 Å². The summed E-state index contributed by atoms with van der Waals surface area (Å²) in [6.07, 6.45) is 22.4. The molecule has 17 unspecified atom stereocenters. The fraction of sp³-hybridized carbons (Fsp3) is 1.00. The van der Waals surface area contributed by atoms with Gasteiger partial charge in [-0.25, -0.2) is 0 Å². The molecule has 4 saturated carbocycles. The van der Waals surface area contributed by atoms with E-state index in [4.69, 9.17) is 0 Å². The Morgan fingerprint density at radius 2 is 0.619 bits per heavy atom. The zero-order valence-electron chi connectivity index (χ0n) is 25.4.